The Morgan fingerprint density at radius 1 is 1.25 bits per heavy atom. The molecule has 0 fully saturated rings. The predicted molar refractivity (Wildman–Crippen MR) is 87.9 cm³/mol. The zero-order valence-electron chi connectivity index (χ0n) is 13.7. The topological polar surface area (TPSA) is 74.0 Å². The number of furan rings is 1. The SMILES string of the molecule is CN(C)CCN1C(=O)c2ccccc2C(C(=O)O)C1c1ccco1. The van der Waals surface area contributed by atoms with Crippen LogP contribution in [0, 0.1) is 0 Å². The van der Waals surface area contributed by atoms with Crippen molar-refractivity contribution in [2.45, 2.75) is 12.0 Å². The lowest BCUT2D eigenvalue weighted by Crippen LogP contribution is -2.47. The van der Waals surface area contributed by atoms with Gasteiger partial charge in [0.2, 0.25) is 0 Å². The van der Waals surface area contributed by atoms with Crippen molar-refractivity contribution >= 4 is 11.9 Å². The van der Waals surface area contributed by atoms with Crippen LogP contribution in [-0.2, 0) is 4.79 Å². The van der Waals surface area contributed by atoms with E-state index < -0.39 is 17.9 Å². The summed E-state index contributed by atoms with van der Waals surface area (Å²) in [7, 11) is 3.83. The van der Waals surface area contributed by atoms with E-state index in [4.69, 9.17) is 4.42 Å². The molecule has 24 heavy (non-hydrogen) atoms. The summed E-state index contributed by atoms with van der Waals surface area (Å²) >= 11 is 0. The number of carboxylic acid groups (broad SMARTS) is 1. The average molecular weight is 328 g/mol. The van der Waals surface area contributed by atoms with Crippen molar-refractivity contribution in [1.82, 2.24) is 9.80 Å². The summed E-state index contributed by atoms with van der Waals surface area (Å²) in [5.74, 6) is -1.49. The largest absolute Gasteiger partial charge is 0.481 e. The van der Waals surface area contributed by atoms with E-state index in [1.54, 1.807) is 41.3 Å². The van der Waals surface area contributed by atoms with Crippen LogP contribution >= 0.6 is 0 Å². The van der Waals surface area contributed by atoms with Gasteiger partial charge in [-0.2, -0.15) is 0 Å². The van der Waals surface area contributed by atoms with Crippen molar-refractivity contribution in [1.29, 1.82) is 0 Å². The Morgan fingerprint density at radius 2 is 2.00 bits per heavy atom. The molecule has 0 saturated carbocycles. The second-order valence-corrected chi connectivity index (χ2v) is 6.17. The molecule has 0 spiro atoms. The molecule has 0 aliphatic carbocycles. The van der Waals surface area contributed by atoms with Gasteiger partial charge in [-0.05, 0) is 37.9 Å². The summed E-state index contributed by atoms with van der Waals surface area (Å²) in [5.41, 5.74) is 0.990. The van der Waals surface area contributed by atoms with Crippen LogP contribution < -0.4 is 0 Å². The third-order valence-corrected chi connectivity index (χ3v) is 4.33. The Labute approximate surface area is 140 Å². The number of rotatable bonds is 5. The van der Waals surface area contributed by atoms with Crippen molar-refractivity contribution in [2.24, 2.45) is 0 Å². The average Bonchev–Trinajstić information content (AvgIpc) is 3.07. The van der Waals surface area contributed by atoms with Gasteiger partial charge in [0, 0.05) is 18.7 Å². The minimum absolute atomic E-state index is 0.161. The van der Waals surface area contributed by atoms with Crippen molar-refractivity contribution in [3.05, 3.63) is 59.5 Å². The van der Waals surface area contributed by atoms with E-state index in [-0.39, 0.29) is 5.91 Å². The van der Waals surface area contributed by atoms with Crippen LogP contribution in [-0.4, -0.2) is 54.0 Å². The molecule has 1 aliphatic heterocycles. The number of nitrogens with zero attached hydrogens (tertiary/aromatic N) is 2. The van der Waals surface area contributed by atoms with Crippen LogP contribution in [0.15, 0.2) is 47.1 Å². The van der Waals surface area contributed by atoms with E-state index in [0.717, 1.165) is 0 Å². The number of aliphatic carboxylic acids is 1. The molecular weight excluding hydrogens is 308 g/mol. The Hall–Kier alpha value is -2.60. The van der Waals surface area contributed by atoms with Gasteiger partial charge in [-0.3, -0.25) is 9.59 Å². The maximum absolute atomic E-state index is 13.0. The lowest BCUT2D eigenvalue weighted by molar-refractivity contribution is -0.140. The molecule has 3 rings (SSSR count). The quantitative estimate of drug-likeness (QED) is 0.911. The summed E-state index contributed by atoms with van der Waals surface area (Å²) in [5, 5.41) is 9.85. The van der Waals surface area contributed by atoms with Crippen molar-refractivity contribution in [2.75, 3.05) is 27.2 Å². The highest BCUT2D eigenvalue weighted by Crippen LogP contribution is 2.42. The van der Waals surface area contributed by atoms with Crippen LogP contribution in [0.25, 0.3) is 0 Å². The molecule has 1 amide bonds. The molecule has 1 aromatic carbocycles. The van der Waals surface area contributed by atoms with Crippen molar-refractivity contribution < 1.29 is 19.1 Å². The lowest BCUT2D eigenvalue weighted by atomic mass is 9.81. The molecule has 126 valence electrons. The van der Waals surface area contributed by atoms with Gasteiger partial charge in [-0.15, -0.1) is 0 Å². The zero-order chi connectivity index (χ0) is 17.3. The highest BCUT2D eigenvalue weighted by atomic mass is 16.4. The normalized spacial score (nSPS) is 20.3. The maximum atomic E-state index is 13.0. The van der Waals surface area contributed by atoms with E-state index in [1.807, 2.05) is 19.0 Å². The van der Waals surface area contributed by atoms with Gasteiger partial charge in [0.1, 0.15) is 17.7 Å². The van der Waals surface area contributed by atoms with E-state index in [2.05, 4.69) is 0 Å². The minimum atomic E-state index is -0.966. The van der Waals surface area contributed by atoms with Crippen LogP contribution in [0.5, 0.6) is 0 Å². The molecule has 0 radical (unpaired) electrons. The maximum Gasteiger partial charge on any atom is 0.313 e. The number of hydrogen-bond acceptors (Lipinski definition) is 4. The highest BCUT2D eigenvalue weighted by Gasteiger charge is 2.45. The van der Waals surface area contributed by atoms with Gasteiger partial charge in [0.15, 0.2) is 0 Å². The molecule has 1 aromatic heterocycles. The van der Waals surface area contributed by atoms with Crippen molar-refractivity contribution in [3.8, 4) is 0 Å². The number of carboxylic acids is 1. The first-order chi connectivity index (χ1) is 11.5. The predicted octanol–water partition coefficient (Wildman–Crippen LogP) is 2.21. The number of carbonyl (C=O) groups is 2. The van der Waals surface area contributed by atoms with E-state index >= 15 is 0 Å². The first-order valence-corrected chi connectivity index (χ1v) is 7.81. The molecule has 2 unspecified atom stereocenters. The summed E-state index contributed by atoms with van der Waals surface area (Å²) in [4.78, 5) is 28.6. The molecular formula is C18H20N2O4. The van der Waals surface area contributed by atoms with E-state index in [1.165, 1.54) is 6.26 Å². The Balaban J connectivity index is 2.12. The monoisotopic (exact) mass is 328 g/mol. The van der Waals surface area contributed by atoms with Gasteiger partial charge in [0.25, 0.3) is 5.91 Å². The fraction of sp³-hybridized carbons (Fsp3) is 0.333. The first kappa shape index (κ1) is 16.3. The Bertz CT molecular complexity index is 739. The van der Waals surface area contributed by atoms with Crippen LogP contribution in [0.3, 0.4) is 0 Å². The number of hydrogen-bond donors (Lipinski definition) is 1. The number of benzene rings is 1. The molecule has 0 saturated heterocycles. The molecule has 6 nitrogen and oxygen atoms in total. The third kappa shape index (κ3) is 2.80. The molecule has 1 aliphatic rings. The van der Waals surface area contributed by atoms with Gasteiger partial charge >= 0.3 is 5.97 Å². The van der Waals surface area contributed by atoms with Crippen LogP contribution in [0.2, 0.25) is 0 Å². The van der Waals surface area contributed by atoms with Gasteiger partial charge in [-0.1, -0.05) is 18.2 Å². The van der Waals surface area contributed by atoms with E-state index in [0.29, 0.717) is 30.0 Å². The van der Waals surface area contributed by atoms with Gasteiger partial charge in [-0.25, -0.2) is 0 Å². The van der Waals surface area contributed by atoms with Gasteiger partial charge < -0.3 is 19.3 Å². The highest BCUT2D eigenvalue weighted by molar-refractivity contribution is 6.00. The lowest BCUT2D eigenvalue weighted by Gasteiger charge is -2.39. The summed E-state index contributed by atoms with van der Waals surface area (Å²) in [6.45, 7) is 1.06. The number of fused-ring (bicyclic) bond motifs is 1. The molecule has 1 N–H and O–H groups in total. The minimum Gasteiger partial charge on any atom is -0.481 e. The smallest absolute Gasteiger partial charge is 0.313 e. The summed E-state index contributed by atoms with van der Waals surface area (Å²) < 4.78 is 5.48. The second kappa shape index (κ2) is 6.49. The molecule has 0 bridgehead atoms. The summed E-state index contributed by atoms with van der Waals surface area (Å²) in [6.07, 6.45) is 1.50. The first-order valence-electron chi connectivity index (χ1n) is 7.81. The van der Waals surface area contributed by atoms with Gasteiger partial charge in [0.05, 0.1) is 6.26 Å². The molecule has 2 heterocycles. The Morgan fingerprint density at radius 3 is 2.62 bits per heavy atom. The zero-order valence-corrected chi connectivity index (χ0v) is 13.7. The molecule has 2 atom stereocenters. The fourth-order valence-electron chi connectivity index (χ4n) is 3.19. The summed E-state index contributed by atoms with van der Waals surface area (Å²) in [6, 6.07) is 9.71. The molecule has 6 heteroatoms. The van der Waals surface area contributed by atoms with E-state index in [9.17, 15) is 14.7 Å². The second-order valence-electron chi connectivity index (χ2n) is 6.17. The molecule has 2 aromatic rings. The fourth-order valence-corrected chi connectivity index (χ4v) is 3.19. The number of likely N-dealkylation sites (N-methyl/N-ethyl adjacent to an activating group) is 1. The van der Waals surface area contributed by atoms with Crippen LogP contribution in [0.4, 0.5) is 0 Å². The Kier molecular flexibility index (Phi) is 4.40. The third-order valence-electron chi connectivity index (χ3n) is 4.33. The standard InChI is InChI=1S/C18H20N2O4/c1-19(2)9-10-20-16(14-8-5-11-24-14)15(18(22)23)12-6-3-4-7-13(12)17(20)21/h3-8,11,15-16H,9-10H2,1-2H3,(H,22,23). The number of carbonyl (C=O) groups excluding carboxylic acids is 1. The van der Waals surface area contributed by atoms with Crippen molar-refractivity contribution in [3.63, 3.8) is 0 Å². The van der Waals surface area contributed by atoms with Crippen LogP contribution in [0.1, 0.15) is 33.6 Å². The number of amides is 1.